The van der Waals surface area contributed by atoms with E-state index in [1.165, 1.54) is 0 Å². The van der Waals surface area contributed by atoms with Gasteiger partial charge in [-0.15, -0.1) is 0 Å². The van der Waals surface area contributed by atoms with Gasteiger partial charge in [-0.2, -0.15) is 4.98 Å². The van der Waals surface area contributed by atoms with E-state index in [0.717, 1.165) is 0 Å². The van der Waals surface area contributed by atoms with Crippen molar-refractivity contribution in [1.29, 1.82) is 0 Å². The summed E-state index contributed by atoms with van der Waals surface area (Å²) in [7, 11) is 0. The van der Waals surface area contributed by atoms with Gasteiger partial charge in [0.1, 0.15) is 5.75 Å². The monoisotopic (exact) mass is 350 g/mol. The van der Waals surface area contributed by atoms with Crippen LogP contribution in [0.2, 0.25) is 5.02 Å². The van der Waals surface area contributed by atoms with Crippen LogP contribution >= 0.6 is 34.2 Å². The van der Waals surface area contributed by atoms with Crippen LogP contribution in [0.1, 0.15) is 18.9 Å². The molecule has 0 spiro atoms. The molecular weight excluding hydrogens is 342 g/mol. The number of hydrogen-bond donors (Lipinski definition) is 0. The summed E-state index contributed by atoms with van der Waals surface area (Å²) in [4.78, 5) is 4.08. The second kappa shape index (κ2) is 5.01. The minimum absolute atomic E-state index is 0.297. The van der Waals surface area contributed by atoms with Gasteiger partial charge in [-0.05, 0) is 25.1 Å². The minimum atomic E-state index is -0.297. The van der Waals surface area contributed by atoms with Crippen molar-refractivity contribution in [2.24, 2.45) is 0 Å². The molecule has 1 unspecified atom stereocenters. The summed E-state index contributed by atoms with van der Waals surface area (Å²) in [5.74, 6) is 1.12. The fourth-order valence-corrected chi connectivity index (χ4v) is 1.69. The molecule has 4 nitrogen and oxygen atoms in total. The molecule has 1 aromatic carbocycles. The smallest absolute Gasteiger partial charge is 0.268 e. The maximum absolute atomic E-state index is 5.85. The summed E-state index contributed by atoms with van der Waals surface area (Å²) >= 11 is 7.82. The molecule has 0 aliphatic heterocycles. The predicted molar refractivity (Wildman–Crippen MR) is 67.5 cm³/mol. The van der Waals surface area contributed by atoms with E-state index < -0.39 is 0 Å². The number of halogens is 2. The van der Waals surface area contributed by atoms with Crippen LogP contribution in [0.25, 0.3) is 0 Å². The van der Waals surface area contributed by atoms with Gasteiger partial charge in [-0.1, -0.05) is 22.8 Å². The molecule has 1 atom stereocenters. The Kier molecular flexibility index (Phi) is 3.65. The fourth-order valence-electron chi connectivity index (χ4n) is 1.18. The van der Waals surface area contributed by atoms with Gasteiger partial charge < -0.3 is 9.26 Å². The molecule has 6 heteroatoms. The maximum Gasteiger partial charge on any atom is 0.268 e. The van der Waals surface area contributed by atoms with Crippen molar-refractivity contribution < 1.29 is 9.26 Å². The van der Waals surface area contributed by atoms with Gasteiger partial charge in [-0.3, -0.25) is 0 Å². The fraction of sp³-hybridized carbons (Fsp3) is 0.200. The number of aromatic nitrogens is 2. The molecule has 0 bridgehead atoms. The molecule has 0 aliphatic carbocycles. The van der Waals surface area contributed by atoms with Crippen LogP contribution in [0.4, 0.5) is 0 Å². The lowest BCUT2D eigenvalue weighted by Gasteiger charge is -2.10. The molecule has 84 valence electrons. The lowest BCUT2D eigenvalue weighted by atomic mass is 10.3. The van der Waals surface area contributed by atoms with Crippen LogP contribution in [0.15, 0.2) is 28.8 Å². The third kappa shape index (κ3) is 2.85. The highest BCUT2D eigenvalue weighted by Crippen LogP contribution is 2.23. The van der Waals surface area contributed by atoms with Crippen LogP contribution in [-0.2, 0) is 0 Å². The highest BCUT2D eigenvalue weighted by Gasteiger charge is 2.14. The number of benzene rings is 1. The Morgan fingerprint density at radius 1 is 1.50 bits per heavy atom. The van der Waals surface area contributed by atoms with Gasteiger partial charge in [0.25, 0.3) is 5.89 Å². The van der Waals surface area contributed by atoms with Crippen molar-refractivity contribution in [3.05, 3.63) is 39.0 Å². The van der Waals surface area contributed by atoms with Gasteiger partial charge in [0.2, 0.25) is 3.83 Å². The maximum atomic E-state index is 5.85. The van der Waals surface area contributed by atoms with Crippen LogP contribution in [-0.4, -0.2) is 10.1 Å². The van der Waals surface area contributed by atoms with Crippen molar-refractivity contribution in [2.45, 2.75) is 13.0 Å². The van der Waals surface area contributed by atoms with Crippen LogP contribution in [0, 0.1) is 3.83 Å². The topological polar surface area (TPSA) is 48.2 Å². The third-order valence-corrected chi connectivity index (χ3v) is 2.55. The molecule has 0 fully saturated rings. The SMILES string of the molecule is CC(Oc1cccc(Cl)c1)c1nc(I)no1. The van der Waals surface area contributed by atoms with Gasteiger partial charge in [-0.25, -0.2) is 0 Å². The molecule has 0 saturated heterocycles. The zero-order chi connectivity index (χ0) is 11.5. The summed E-state index contributed by atoms with van der Waals surface area (Å²) in [6.45, 7) is 1.84. The van der Waals surface area contributed by atoms with E-state index in [1.54, 1.807) is 12.1 Å². The van der Waals surface area contributed by atoms with Crippen molar-refractivity contribution in [3.8, 4) is 5.75 Å². The molecule has 1 aromatic heterocycles. The van der Waals surface area contributed by atoms with Crippen molar-refractivity contribution in [2.75, 3.05) is 0 Å². The second-order valence-electron chi connectivity index (χ2n) is 3.12. The Morgan fingerprint density at radius 3 is 2.94 bits per heavy atom. The van der Waals surface area contributed by atoms with Crippen molar-refractivity contribution in [3.63, 3.8) is 0 Å². The summed E-state index contributed by atoms with van der Waals surface area (Å²) in [6.07, 6.45) is -0.297. The first-order chi connectivity index (χ1) is 7.65. The lowest BCUT2D eigenvalue weighted by molar-refractivity contribution is 0.175. The number of ether oxygens (including phenoxy) is 1. The predicted octanol–water partition coefficient (Wildman–Crippen LogP) is 3.47. The first kappa shape index (κ1) is 11.7. The van der Waals surface area contributed by atoms with Gasteiger partial charge in [0, 0.05) is 27.6 Å². The quantitative estimate of drug-likeness (QED) is 0.795. The first-order valence-corrected chi connectivity index (χ1v) is 6.02. The number of nitrogens with zero attached hydrogens (tertiary/aromatic N) is 2. The Hall–Kier alpha value is -0.820. The Bertz CT molecular complexity index is 489. The zero-order valence-corrected chi connectivity index (χ0v) is 11.3. The molecule has 0 saturated carbocycles. The number of rotatable bonds is 3. The lowest BCUT2D eigenvalue weighted by Crippen LogP contribution is -2.03. The number of hydrogen-bond acceptors (Lipinski definition) is 4. The third-order valence-electron chi connectivity index (χ3n) is 1.87. The Morgan fingerprint density at radius 2 is 2.31 bits per heavy atom. The highest BCUT2D eigenvalue weighted by atomic mass is 127. The molecule has 0 aliphatic rings. The molecule has 0 N–H and O–H groups in total. The first-order valence-electron chi connectivity index (χ1n) is 4.56. The Labute approximate surface area is 111 Å². The second-order valence-corrected chi connectivity index (χ2v) is 4.52. The van der Waals surface area contributed by atoms with Gasteiger partial charge >= 0.3 is 0 Å². The van der Waals surface area contributed by atoms with E-state index >= 15 is 0 Å². The molecule has 1 heterocycles. The van der Waals surface area contributed by atoms with Crippen molar-refractivity contribution in [1.82, 2.24) is 10.1 Å². The summed E-state index contributed by atoms with van der Waals surface area (Å²) in [6, 6.07) is 7.17. The molecule has 2 rings (SSSR count). The van der Waals surface area contributed by atoms with Crippen LogP contribution in [0.3, 0.4) is 0 Å². The molecule has 16 heavy (non-hydrogen) atoms. The highest BCUT2D eigenvalue weighted by molar-refractivity contribution is 14.1. The van der Waals surface area contributed by atoms with Crippen LogP contribution in [0.5, 0.6) is 5.75 Å². The summed E-state index contributed by atoms with van der Waals surface area (Å²) < 4.78 is 11.2. The van der Waals surface area contributed by atoms with Crippen molar-refractivity contribution >= 4 is 34.2 Å². The average molecular weight is 351 g/mol. The normalized spacial score (nSPS) is 12.4. The van der Waals surface area contributed by atoms with E-state index in [4.69, 9.17) is 20.9 Å². The summed E-state index contributed by atoms with van der Waals surface area (Å²) in [5, 5.41) is 4.32. The van der Waals surface area contributed by atoms with E-state index in [1.807, 2.05) is 41.6 Å². The van der Waals surface area contributed by atoms with E-state index in [-0.39, 0.29) is 6.10 Å². The van der Waals surface area contributed by atoms with Crippen LogP contribution < -0.4 is 4.74 Å². The van der Waals surface area contributed by atoms with E-state index in [9.17, 15) is 0 Å². The van der Waals surface area contributed by atoms with E-state index in [0.29, 0.717) is 20.5 Å². The zero-order valence-electron chi connectivity index (χ0n) is 8.35. The van der Waals surface area contributed by atoms with Gasteiger partial charge in [0.15, 0.2) is 6.10 Å². The molecule has 2 aromatic rings. The molecular formula is C10H8ClIN2O2. The minimum Gasteiger partial charge on any atom is -0.481 e. The molecule has 0 amide bonds. The largest absolute Gasteiger partial charge is 0.481 e. The Balaban J connectivity index is 2.10. The molecule has 0 radical (unpaired) electrons. The van der Waals surface area contributed by atoms with Gasteiger partial charge in [0.05, 0.1) is 0 Å². The standard InChI is InChI=1S/C10H8ClIN2O2/c1-6(9-13-10(12)14-16-9)15-8-4-2-3-7(11)5-8/h2-6H,1H3. The summed E-state index contributed by atoms with van der Waals surface area (Å²) in [5.41, 5.74) is 0. The average Bonchev–Trinajstić information content (AvgIpc) is 2.65. The van der Waals surface area contributed by atoms with E-state index in [2.05, 4.69) is 10.1 Å².